The van der Waals surface area contributed by atoms with Crippen molar-refractivity contribution in [2.24, 2.45) is 5.41 Å². The van der Waals surface area contributed by atoms with E-state index >= 15 is 0 Å². The second-order valence-electron chi connectivity index (χ2n) is 5.19. The Labute approximate surface area is 110 Å². The second kappa shape index (κ2) is 4.09. The molecule has 0 unspecified atom stereocenters. The molecule has 0 aromatic carbocycles. The van der Waals surface area contributed by atoms with E-state index in [0.29, 0.717) is 11.1 Å². The second-order valence-corrected chi connectivity index (χ2v) is 5.58. The molecule has 2 heterocycles. The summed E-state index contributed by atoms with van der Waals surface area (Å²) in [6, 6.07) is 1.60. The summed E-state index contributed by atoms with van der Waals surface area (Å²) in [5, 5.41) is 16.7. The van der Waals surface area contributed by atoms with Gasteiger partial charge < -0.3 is 10.0 Å². The van der Waals surface area contributed by atoms with Crippen LogP contribution in [0.1, 0.15) is 36.2 Å². The summed E-state index contributed by atoms with van der Waals surface area (Å²) in [7, 11) is 0. The fourth-order valence-electron chi connectivity index (χ4n) is 2.65. The predicted molar refractivity (Wildman–Crippen MR) is 67.1 cm³/mol. The topological polar surface area (TPSA) is 66.3 Å². The van der Waals surface area contributed by atoms with Crippen molar-refractivity contribution in [1.82, 2.24) is 10.2 Å². The highest BCUT2D eigenvalue weighted by Crippen LogP contribution is 2.54. The Kier molecular flexibility index (Phi) is 2.66. The molecule has 1 aliphatic heterocycles. The van der Waals surface area contributed by atoms with E-state index in [-0.39, 0.29) is 10.8 Å². The third-order valence-corrected chi connectivity index (χ3v) is 4.25. The van der Waals surface area contributed by atoms with Crippen LogP contribution in [0.25, 0.3) is 0 Å². The van der Waals surface area contributed by atoms with Crippen LogP contribution in [0, 0.1) is 5.41 Å². The van der Waals surface area contributed by atoms with Gasteiger partial charge in [0.15, 0.2) is 10.8 Å². The number of carboxylic acids is 1. The van der Waals surface area contributed by atoms with Crippen molar-refractivity contribution >= 4 is 23.3 Å². The van der Waals surface area contributed by atoms with Gasteiger partial charge in [0.25, 0.3) is 0 Å². The minimum Gasteiger partial charge on any atom is -0.476 e. The van der Waals surface area contributed by atoms with Crippen LogP contribution in [0.3, 0.4) is 0 Å². The lowest BCUT2D eigenvalue weighted by Crippen LogP contribution is -2.35. The normalized spacial score (nSPS) is 21.1. The van der Waals surface area contributed by atoms with Crippen molar-refractivity contribution in [2.75, 3.05) is 18.0 Å². The van der Waals surface area contributed by atoms with Crippen molar-refractivity contribution in [1.29, 1.82) is 0 Å². The number of halogens is 1. The minimum atomic E-state index is -1.05. The average molecular weight is 268 g/mol. The highest BCUT2D eigenvalue weighted by atomic mass is 35.5. The molecule has 18 heavy (non-hydrogen) atoms. The quantitative estimate of drug-likeness (QED) is 0.890. The van der Waals surface area contributed by atoms with E-state index in [4.69, 9.17) is 16.7 Å². The molecule has 6 heteroatoms. The van der Waals surface area contributed by atoms with Gasteiger partial charge in [0.2, 0.25) is 0 Å². The van der Waals surface area contributed by atoms with E-state index in [1.807, 2.05) is 0 Å². The van der Waals surface area contributed by atoms with Gasteiger partial charge in [0.05, 0.1) is 5.69 Å². The molecular weight excluding hydrogens is 254 g/mol. The first-order valence-electron chi connectivity index (χ1n) is 6.11. The molecule has 1 aromatic rings. The van der Waals surface area contributed by atoms with Gasteiger partial charge in [-0.1, -0.05) is 11.6 Å². The predicted octanol–water partition coefficient (Wildman–Crippen LogP) is 2.21. The third kappa shape index (κ3) is 2.03. The molecule has 96 valence electrons. The van der Waals surface area contributed by atoms with Gasteiger partial charge in [-0.05, 0) is 31.1 Å². The van der Waals surface area contributed by atoms with E-state index in [0.717, 1.165) is 25.9 Å². The highest BCUT2D eigenvalue weighted by molar-refractivity contribution is 6.29. The molecule has 1 N–H and O–H groups in total. The van der Waals surface area contributed by atoms with Crippen LogP contribution in [0.5, 0.6) is 0 Å². The zero-order chi connectivity index (χ0) is 12.8. The zero-order valence-electron chi connectivity index (χ0n) is 9.90. The van der Waals surface area contributed by atoms with Crippen molar-refractivity contribution in [3.63, 3.8) is 0 Å². The van der Waals surface area contributed by atoms with Gasteiger partial charge in [0.1, 0.15) is 0 Å². The van der Waals surface area contributed by atoms with Crippen LogP contribution in [-0.2, 0) is 0 Å². The molecule has 2 fully saturated rings. The van der Waals surface area contributed by atoms with Crippen LogP contribution in [0.2, 0.25) is 5.15 Å². The van der Waals surface area contributed by atoms with Crippen molar-refractivity contribution < 1.29 is 9.90 Å². The zero-order valence-corrected chi connectivity index (χ0v) is 10.7. The Morgan fingerprint density at radius 3 is 2.50 bits per heavy atom. The Hall–Kier alpha value is -1.36. The van der Waals surface area contributed by atoms with Gasteiger partial charge in [-0.15, -0.1) is 10.2 Å². The smallest absolute Gasteiger partial charge is 0.358 e. The number of rotatable bonds is 2. The number of aromatic nitrogens is 2. The summed E-state index contributed by atoms with van der Waals surface area (Å²) in [6.45, 7) is 1.75. The summed E-state index contributed by atoms with van der Waals surface area (Å²) in [5.74, 6) is -1.05. The van der Waals surface area contributed by atoms with Crippen LogP contribution in [0.4, 0.5) is 5.69 Å². The van der Waals surface area contributed by atoms with Gasteiger partial charge in [-0.2, -0.15) is 0 Å². The van der Waals surface area contributed by atoms with Crippen LogP contribution in [-0.4, -0.2) is 34.4 Å². The number of carboxylic acid groups (broad SMARTS) is 1. The summed E-state index contributed by atoms with van der Waals surface area (Å²) in [6.07, 6.45) is 4.90. The fourth-order valence-corrected chi connectivity index (χ4v) is 2.79. The van der Waals surface area contributed by atoms with E-state index in [2.05, 4.69) is 15.1 Å². The molecule has 2 aliphatic rings. The molecule has 0 bridgehead atoms. The molecular formula is C12H14ClN3O2. The average Bonchev–Trinajstić information content (AvgIpc) is 3.09. The lowest BCUT2D eigenvalue weighted by atomic mass is 9.93. The number of carbonyl (C=O) groups is 1. The van der Waals surface area contributed by atoms with Gasteiger partial charge in [-0.25, -0.2) is 4.79 Å². The summed E-state index contributed by atoms with van der Waals surface area (Å²) >= 11 is 5.82. The Morgan fingerprint density at radius 1 is 1.28 bits per heavy atom. The Bertz CT molecular complexity index is 492. The standard InChI is InChI=1S/C12H14ClN3O2/c13-9-7-8(10(11(17)18)15-14-9)16-5-3-12(1-2-12)4-6-16/h7H,1-6H2,(H,17,18). The molecule has 3 rings (SSSR count). The first-order valence-corrected chi connectivity index (χ1v) is 6.49. The molecule has 0 atom stereocenters. The fraction of sp³-hybridized carbons (Fsp3) is 0.583. The van der Waals surface area contributed by atoms with E-state index in [1.54, 1.807) is 6.07 Å². The molecule has 5 nitrogen and oxygen atoms in total. The molecule has 1 saturated carbocycles. The molecule has 1 saturated heterocycles. The molecule has 0 amide bonds. The number of anilines is 1. The largest absolute Gasteiger partial charge is 0.476 e. The van der Waals surface area contributed by atoms with Gasteiger partial charge in [-0.3, -0.25) is 0 Å². The summed E-state index contributed by atoms with van der Waals surface area (Å²) in [4.78, 5) is 13.2. The molecule has 1 spiro atoms. The molecule has 1 aliphatic carbocycles. The van der Waals surface area contributed by atoms with Crippen molar-refractivity contribution in [3.8, 4) is 0 Å². The van der Waals surface area contributed by atoms with Crippen molar-refractivity contribution in [2.45, 2.75) is 25.7 Å². The van der Waals surface area contributed by atoms with Crippen molar-refractivity contribution in [3.05, 3.63) is 16.9 Å². The van der Waals surface area contributed by atoms with Crippen LogP contribution >= 0.6 is 11.6 Å². The van der Waals surface area contributed by atoms with E-state index < -0.39 is 5.97 Å². The van der Waals surface area contributed by atoms with Crippen LogP contribution < -0.4 is 4.90 Å². The molecule has 0 radical (unpaired) electrons. The lowest BCUT2D eigenvalue weighted by molar-refractivity contribution is 0.0690. The number of hydrogen-bond acceptors (Lipinski definition) is 4. The number of nitrogens with zero attached hydrogens (tertiary/aromatic N) is 3. The Morgan fingerprint density at radius 2 is 1.94 bits per heavy atom. The SMILES string of the molecule is O=C(O)c1nnc(Cl)cc1N1CCC2(CC1)CC2. The lowest BCUT2D eigenvalue weighted by Gasteiger charge is -2.34. The number of hydrogen-bond donors (Lipinski definition) is 1. The maximum Gasteiger partial charge on any atom is 0.358 e. The third-order valence-electron chi connectivity index (χ3n) is 4.07. The Balaban J connectivity index is 1.86. The first kappa shape index (κ1) is 11.7. The van der Waals surface area contributed by atoms with Gasteiger partial charge >= 0.3 is 5.97 Å². The maximum atomic E-state index is 11.1. The van der Waals surface area contributed by atoms with Crippen LogP contribution in [0.15, 0.2) is 6.07 Å². The minimum absolute atomic E-state index is 0.00820. The van der Waals surface area contributed by atoms with E-state index in [9.17, 15) is 4.79 Å². The van der Waals surface area contributed by atoms with E-state index in [1.165, 1.54) is 12.8 Å². The first-order chi connectivity index (χ1) is 8.60. The highest BCUT2D eigenvalue weighted by Gasteiger charge is 2.44. The molecule has 1 aromatic heterocycles. The van der Waals surface area contributed by atoms with Gasteiger partial charge in [0, 0.05) is 19.2 Å². The number of piperidine rings is 1. The maximum absolute atomic E-state index is 11.1. The summed E-state index contributed by atoms with van der Waals surface area (Å²) in [5.41, 5.74) is 1.15. The summed E-state index contributed by atoms with van der Waals surface area (Å²) < 4.78 is 0. The number of aromatic carboxylic acids is 1. The monoisotopic (exact) mass is 267 g/mol.